The van der Waals surface area contributed by atoms with Gasteiger partial charge in [0.15, 0.2) is 5.69 Å². The van der Waals surface area contributed by atoms with Gasteiger partial charge >= 0.3 is 11.4 Å². The maximum atomic E-state index is 11.3. The lowest BCUT2D eigenvalue weighted by Crippen LogP contribution is -2.04. The van der Waals surface area contributed by atoms with Crippen molar-refractivity contribution in [2.75, 3.05) is 5.32 Å². The zero-order valence-electron chi connectivity index (χ0n) is 12.4. The quantitative estimate of drug-likeness (QED) is 0.677. The molecular formula is C15H12N4O4. The second-order valence-electron chi connectivity index (χ2n) is 4.91. The van der Waals surface area contributed by atoms with Crippen molar-refractivity contribution in [1.29, 1.82) is 5.26 Å². The second-order valence-corrected chi connectivity index (χ2v) is 4.91. The molecule has 0 heterocycles. The number of para-hydroxylation sites is 1. The van der Waals surface area contributed by atoms with Gasteiger partial charge in [-0.2, -0.15) is 5.26 Å². The normalized spacial score (nSPS) is 9.96. The van der Waals surface area contributed by atoms with Gasteiger partial charge in [0.05, 0.1) is 21.5 Å². The molecule has 8 heteroatoms. The molecule has 0 radical (unpaired) electrons. The number of nitro benzene ring substituents is 2. The van der Waals surface area contributed by atoms with Crippen LogP contribution in [0.1, 0.15) is 16.7 Å². The van der Waals surface area contributed by atoms with Crippen molar-refractivity contribution in [2.45, 2.75) is 13.8 Å². The van der Waals surface area contributed by atoms with Crippen LogP contribution in [0.5, 0.6) is 0 Å². The predicted octanol–water partition coefficient (Wildman–Crippen LogP) is 3.74. The molecule has 1 N–H and O–H groups in total. The summed E-state index contributed by atoms with van der Waals surface area (Å²) in [5.41, 5.74) is 0.725. The molecule has 0 saturated heterocycles. The highest BCUT2D eigenvalue weighted by molar-refractivity contribution is 5.82. The van der Waals surface area contributed by atoms with Crippen LogP contribution >= 0.6 is 0 Å². The molecular weight excluding hydrogens is 300 g/mol. The molecule has 0 spiro atoms. The highest BCUT2D eigenvalue weighted by Crippen LogP contribution is 2.39. The summed E-state index contributed by atoms with van der Waals surface area (Å²) in [4.78, 5) is 21.0. The van der Waals surface area contributed by atoms with E-state index in [1.807, 2.05) is 6.07 Å². The lowest BCUT2D eigenvalue weighted by molar-refractivity contribution is -0.392. The van der Waals surface area contributed by atoms with Crippen LogP contribution in [0.3, 0.4) is 0 Å². The van der Waals surface area contributed by atoms with Crippen molar-refractivity contribution in [3.8, 4) is 6.07 Å². The third kappa shape index (κ3) is 3.08. The maximum Gasteiger partial charge on any atom is 0.301 e. The van der Waals surface area contributed by atoms with Crippen molar-refractivity contribution in [3.05, 3.63) is 67.3 Å². The van der Waals surface area contributed by atoms with Gasteiger partial charge in [-0.1, -0.05) is 18.2 Å². The van der Waals surface area contributed by atoms with E-state index in [9.17, 15) is 20.2 Å². The van der Waals surface area contributed by atoms with Gasteiger partial charge in [-0.05, 0) is 25.0 Å². The van der Waals surface area contributed by atoms with Crippen LogP contribution in [-0.2, 0) is 0 Å². The molecule has 0 fully saturated rings. The van der Waals surface area contributed by atoms with Crippen molar-refractivity contribution in [2.24, 2.45) is 0 Å². The number of nitrogens with one attached hydrogen (secondary N) is 1. The Morgan fingerprint density at radius 2 is 1.48 bits per heavy atom. The summed E-state index contributed by atoms with van der Waals surface area (Å²) in [5.74, 6) is 0. The summed E-state index contributed by atoms with van der Waals surface area (Å²) < 4.78 is 0. The Hall–Kier alpha value is -3.47. The number of nitrogens with zero attached hydrogens (tertiary/aromatic N) is 3. The Morgan fingerprint density at radius 1 is 1.00 bits per heavy atom. The van der Waals surface area contributed by atoms with E-state index in [1.54, 1.807) is 32.0 Å². The van der Waals surface area contributed by atoms with Crippen LogP contribution in [0.15, 0.2) is 30.3 Å². The van der Waals surface area contributed by atoms with Crippen molar-refractivity contribution < 1.29 is 9.85 Å². The largest absolute Gasteiger partial charge is 0.344 e. The molecule has 0 bridgehead atoms. The minimum Gasteiger partial charge on any atom is -0.344 e. The molecule has 0 aromatic heterocycles. The number of hydrogen-bond acceptors (Lipinski definition) is 6. The first kappa shape index (κ1) is 15.9. The first-order valence-corrected chi connectivity index (χ1v) is 6.55. The SMILES string of the molecule is Cc1cccc(C)c1Nc1c([N+](=O)[O-])cc(C#N)cc1[N+](=O)[O-]. The average Bonchev–Trinajstić information content (AvgIpc) is 2.50. The number of anilines is 2. The van der Waals surface area contributed by atoms with Crippen LogP contribution < -0.4 is 5.32 Å². The zero-order valence-corrected chi connectivity index (χ0v) is 12.4. The zero-order chi connectivity index (χ0) is 17.1. The van der Waals surface area contributed by atoms with Crippen molar-refractivity contribution >= 4 is 22.7 Å². The Kier molecular flexibility index (Phi) is 4.23. The van der Waals surface area contributed by atoms with Crippen LogP contribution in [0.2, 0.25) is 0 Å². The smallest absolute Gasteiger partial charge is 0.301 e. The highest BCUT2D eigenvalue weighted by atomic mass is 16.6. The van der Waals surface area contributed by atoms with E-state index >= 15 is 0 Å². The third-order valence-electron chi connectivity index (χ3n) is 3.35. The van der Waals surface area contributed by atoms with Gasteiger partial charge in [-0.25, -0.2) is 0 Å². The lowest BCUT2D eigenvalue weighted by atomic mass is 10.1. The number of nitro groups is 2. The Bertz CT molecular complexity index is 800. The molecule has 0 aliphatic carbocycles. The molecule has 2 aromatic rings. The molecule has 0 amide bonds. The first-order valence-electron chi connectivity index (χ1n) is 6.55. The van der Waals surface area contributed by atoms with Gasteiger partial charge in [0.1, 0.15) is 0 Å². The van der Waals surface area contributed by atoms with Gasteiger partial charge < -0.3 is 5.32 Å². The highest BCUT2D eigenvalue weighted by Gasteiger charge is 2.27. The maximum absolute atomic E-state index is 11.3. The van der Waals surface area contributed by atoms with Gasteiger partial charge in [0.25, 0.3) is 0 Å². The molecule has 0 unspecified atom stereocenters. The molecule has 0 aliphatic heterocycles. The van der Waals surface area contributed by atoms with E-state index in [2.05, 4.69) is 5.32 Å². The molecule has 0 atom stereocenters. The summed E-state index contributed by atoms with van der Waals surface area (Å²) in [7, 11) is 0. The van der Waals surface area contributed by atoms with E-state index in [4.69, 9.17) is 5.26 Å². The molecule has 2 aromatic carbocycles. The number of nitriles is 1. The van der Waals surface area contributed by atoms with Gasteiger partial charge in [-0.3, -0.25) is 20.2 Å². The molecule has 0 aliphatic rings. The number of aryl methyl sites for hydroxylation is 2. The fourth-order valence-electron chi connectivity index (χ4n) is 2.23. The molecule has 23 heavy (non-hydrogen) atoms. The Balaban J connectivity index is 2.72. The van der Waals surface area contributed by atoms with E-state index in [1.165, 1.54) is 0 Å². The standard InChI is InChI=1S/C15H12N4O4/c1-9-4-3-5-10(2)14(9)17-15-12(18(20)21)6-11(8-16)7-13(15)19(22)23/h3-7,17H,1-2H3. The van der Waals surface area contributed by atoms with Gasteiger partial charge in [-0.15, -0.1) is 0 Å². The summed E-state index contributed by atoms with van der Waals surface area (Å²) in [6.07, 6.45) is 0. The lowest BCUT2D eigenvalue weighted by Gasteiger charge is -2.13. The van der Waals surface area contributed by atoms with Crippen LogP contribution in [0.25, 0.3) is 0 Å². The summed E-state index contributed by atoms with van der Waals surface area (Å²) >= 11 is 0. The van der Waals surface area contributed by atoms with Gasteiger partial charge in [0, 0.05) is 17.8 Å². The van der Waals surface area contributed by atoms with Crippen LogP contribution in [0.4, 0.5) is 22.7 Å². The van der Waals surface area contributed by atoms with E-state index in [-0.39, 0.29) is 11.3 Å². The fraction of sp³-hybridized carbons (Fsp3) is 0.133. The first-order chi connectivity index (χ1) is 10.8. The summed E-state index contributed by atoms with van der Waals surface area (Å²) in [6, 6.07) is 9.12. The number of benzene rings is 2. The second kappa shape index (κ2) is 6.11. The third-order valence-corrected chi connectivity index (χ3v) is 3.35. The minimum atomic E-state index is -0.746. The van der Waals surface area contributed by atoms with Crippen molar-refractivity contribution in [3.63, 3.8) is 0 Å². The minimum absolute atomic E-state index is 0.143. The summed E-state index contributed by atoms with van der Waals surface area (Å²) in [5, 5.41) is 34.2. The van der Waals surface area contributed by atoms with Crippen molar-refractivity contribution in [1.82, 2.24) is 0 Å². The summed E-state index contributed by atoms with van der Waals surface area (Å²) in [6.45, 7) is 3.58. The molecule has 8 nitrogen and oxygen atoms in total. The molecule has 0 saturated carbocycles. The topological polar surface area (TPSA) is 122 Å². The van der Waals surface area contributed by atoms with Crippen LogP contribution in [-0.4, -0.2) is 9.85 Å². The van der Waals surface area contributed by atoms with E-state index in [0.717, 1.165) is 23.3 Å². The number of hydrogen-bond donors (Lipinski definition) is 1. The monoisotopic (exact) mass is 312 g/mol. The Morgan fingerprint density at radius 3 is 1.87 bits per heavy atom. The predicted molar refractivity (Wildman–Crippen MR) is 83.7 cm³/mol. The van der Waals surface area contributed by atoms with E-state index < -0.39 is 21.2 Å². The van der Waals surface area contributed by atoms with Crippen LogP contribution in [0, 0.1) is 45.4 Å². The van der Waals surface area contributed by atoms with E-state index in [0.29, 0.717) is 5.69 Å². The molecule has 2 rings (SSSR count). The Labute approximate surface area is 131 Å². The fourth-order valence-corrected chi connectivity index (χ4v) is 2.23. The average molecular weight is 312 g/mol. The van der Waals surface area contributed by atoms with Gasteiger partial charge in [0.2, 0.25) is 0 Å². The molecule has 116 valence electrons. The number of rotatable bonds is 4.